The van der Waals surface area contributed by atoms with Gasteiger partial charge in [-0.3, -0.25) is 14.5 Å². The molecule has 0 spiro atoms. The van der Waals surface area contributed by atoms with Crippen LogP contribution in [0.1, 0.15) is 41.0 Å². The molecule has 0 aromatic rings. The van der Waals surface area contributed by atoms with Gasteiger partial charge in [0, 0.05) is 4.91 Å². The average molecular weight is 373 g/mol. The number of hydrogen-bond donors (Lipinski definition) is 1. The molecule has 2 heterocycles. The van der Waals surface area contributed by atoms with Gasteiger partial charge in [0.1, 0.15) is 11.1 Å². The van der Waals surface area contributed by atoms with Crippen molar-refractivity contribution < 1.29 is 24.2 Å². The molecule has 0 radical (unpaired) electrons. The monoisotopic (exact) mass is 373 g/mol. The predicted molar refractivity (Wildman–Crippen MR) is 94.8 cm³/mol. The zero-order valence-electron chi connectivity index (χ0n) is 14.5. The van der Waals surface area contributed by atoms with Crippen LogP contribution < -0.4 is 0 Å². The van der Waals surface area contributed by atoms with Gasteiger partial charge < -0.3 is 14.6 Å². The number of thioether (sulfide) groups is 1. The van der Waals surface area contributed by atoms with Crippen LogP contribution in [0.5, 0.6) is 0 Å². The van der Waals surface area contributed by atoms with Crippen molar-refractivity contribution in [2.45, 2.75) is 52.5 Å². The van der Waals surface area contributed by atoms with Gasteiger partial charge in [0.05, 0.1) is 17.4 Å². The number of ether oxygens (including phenoxy) is 2. The Hall–Kier alpha value is -1.12. The molecule has 0 bridgehead atoms. The summed E-state index contributed by atoms with van der Waals surface area (Å²) in [7, 11) is 0. The molecule has 2 aliphatic rings. The molecule has 1 unspecified atom stereocenters. The number of rotatable bonds is 5. The van der Waals surface area contributed by atoms with Gasteiger partial charge in [0.2, 0.25) is 17.8 Å². The first-order valence-corrected chi connectivity index (χ1v) is 9.13. The number of hydrogen-bond acceptors (Lipinski definition) is 7. The Morgan fingerprint density at radius 2 is 2.04 bits per heavy atom. The minimum absolute atomic E-state index is 0.138. The van der Waals surface area contributed by atoms with Gasteiger partial charge in [-0.15, -0.1) is 11.8 Å². The number of carbonyl (C=O) groups excluding carboxylic acids is 2. The molecule has 3 atom stereocenters. The maximum Gasteiger partial charge on any atom is 0.314 e. The zero-order chi connectivity index (χ0) is 18.2. The topological polar surface area (TPSA) is 76.1 Å². The number of aliphatic hydroxyl groups is 1. The molecule has 2 aliphatic heterocycles. The number of nitrogens with zero attached hydrogens (tertiary/aromatic N) is 1. The molecule has 2 rings (SSSR count). The van der Waals surface area contributed by atoms with E-state index >= 15 is 0 Å². The number of aliphatic hydroxyl groups excluding tert-OH is 1. The largest absolute Gasteiger partial charge is 0.445 e. The Labute approximate surface area is 151 Å². The second-order valence-electron chi connectivity index (χ2n) is 6.84. The number of fused-ring (bicyclic) bond motifs is 1. The first kappa shape index (κ1) is 19.2. The van der Waals surface area contributed by atoms with E-state index in [0.717, 1.165) is 4.91 Å². The molecule has 6 nitrogen and oxygen atoms in total. The van der Waals surface area contributed by atoms with Gasteiger partial charge in [0.25, 0.3) is 0 Å². The second kappa shape index (κ2) is 7.01. The summed E-state index contributed by atoms with van der Waals surface area (Å²) in [4.78, 5) is 26.5. The first-order valence-electron chi connectivity index (χ1n) is 7.84. The molecule has 24 heavy (non-hydrogen) atoms. The lowest BCUT2D eigenvalue weighted by atomic mass is 9.92. The molecule has 0 aliphatic carbocycles. The Balaban J connectivity index is 2.01. The number of β-lactam (4-membered cyclic amide) rings is 1. The highest BCUT2D eigenvalue weighted by atomic mass is 32.2. The standard InChI is InChI=1S/C16H23NO5S2/c1-6-9-11(14(23)21-7-22-15(20)16(3,4)5)17-12(19)10(8(2)18)13(17)24-9/h8,10,13,18H,6-7H2,1-5H3/t8?,10-,13-/m1/s1. The third-order valence-corrected chi connectivity index (χ3v) is 5.70. The highest BCUT2D eigenvalue weighted by Crippen LogP contribution is 2.51. The van der Waals surface area contributed by atoms with E-state index in [1.165, 1.54) is 11.8 Å². The third kappa shape index (κ3) is 3.45. The van der Waals surface area contributed by atoms with Gasteiger partial charge in [0.15, 0.2) is 0 Å². The van der Waals surface area contributed by atoms with Gasteiger partial charge in [-0.05, 0) is 46.3 Å². The summed E-state index contributed by atoms with van der Waals surface area (Å²) in [6.45, 7) is 8.55. The lowest BCUT2D eigenvalue weighted by Gasteiger charge is -2.44. The van der Waals surface area contributed by atoms with Gasteiger partial charge >= 0.3 is 5.97 Å². The number of allylic oxidation sites excluding steroid dienone is 1. The van der Waals surface area contributed by atoms with Crippen LogP contribution >= 0.6 is 24.0 Å². The van der Waals surface area contributed by atoms with E-state index in [0.29, 0.717) is 12.1 Å². The first-order chi connectivity index (χ1) is 11.1. The van der Waals surface area contributed by atoms with E-state index in [2.05, 4.69) is 0 Å². The van der Waals surface area contributed by atoms with Crippen molar-refractivity contribution in [1.29, 1.82) is 0 Å². The van der Waals surface area contributed by atoms with Crippen LogP contribution in [-0.4, -0.2) is 45.2 Å². The average Bonchev–Trinajstić information content (AvgIpc) is 2.79. The highest BCUT2D eigenvalue weighted by Gasteiger charge is 2.56. The summed E-state index contributed by atoms with van der Waals surface area (Å²) in [5.74, 6) is -0.961. The van der Waals surface area contributed by atoms with E-state index in [1.807, 2.05) is 6.92 Å². The maximum absolute atomic E-state index is 12.3. The molecule has 1 fully saturated rings. The van der Waals surface area contributed by atoms with Crippen molar-refractivity contribution in [1.82, 2.24) is 4.90 Å². The second-order valence-corrected chi connectivity index (χ2v) is 8.42. The molecular weight excluding hydrogens is 350 g/mol. The van der Waals surface area contributed by atoms with Crippen LogP contribution in [-0.2, 0) is 19.1 Å². The quantitative estimate of drug-likeness (QED) is 0.343. The lowest BCUT2D eigenvalue weighted by molar-refractivity contribution is -0.160. The molecular formula is C16H23NO5S2. The zero-order valence-corrected chi connectivity index (χ0v) is 16.1. The Bertz CT molecular complexity index is 594. The van der Waals surface area contributed by atoms with Gasteiger partial charge in [-0.2, -0.15) is 0 Å². The normalized spacial score (nSPS) is 24.4. The number of amides is 1. The number of esters is 1. The highest BCUT2D eigenvalue weighted by molar-refractivity contribution is 8.04. The fraction of sp³-hybridized carbons (Fsp3) is 0.688. The molecule has 0 saturated carbocycles. The summed E-state index contributed by atoms with van der Waals surface area (Å²) in [5, 5.41) is 9.75. The molecule has 8 heteroatoms. The summed E-state index contributed by atoms with van der Waals surface area (Å²) < 4.78 is 10.4. The van der Waals surface area contributed by atoms with Crippen molar-refractivity contribution in [3.05, 3.63) is 10.6 Å². The van der Waals surface area contributed by atoms with Crippen LogP contribution in [0.4, 0.5) is 0 Å². The van der Waals surface area contributed by atoms with Crippen LogP contribution in [0.2, 0.25) is 0 Å². The Morgan fingerprint density at radius 1 is 1.42 bits per heavy atom. The van der Waals surface area contributed by atoms with Crippen molar-refractivity contribution in [3.8, 4) is 0 Å². The van der Waals surface area contributed by atoms with Crippen molar-refractivity contribution in [2.24, 2.45) is 11.3 Å². The molecule has 134 valence electrons. The van der Waals surface area contributed by atoms with E-state index in [1.54, 1.807) is 32.6 Å². The maximum atomic E-state index is 12.3. The lowest BCUT2D eigenvalue weighted by Crippen LogP contribution is -2.60. The summed E-state index contributed by atoms with van der Waals surface area (Å²) in [6.07, 6.45) is 0.00360. The molecule has 1 amide bonds. The number of thiocarbonyl (C=S) groups is 1. The van der Waals surface area contributed by atoms with Crippen LogP contribution in [0, 0.1) is 11.3 Å². The van der Waals surface area contributed by atoms with Gasteiger partial charge in [-0.25, -0.2) is 0 Å². The minimum atomic E-state index is -0.703. The van der Waals surface area contributed by atoms with Crippen molar-refractivity contribution in [2.75, 3.05) is 6.79 Å². The van der Waals surface area contributed by atoms with Crippen LogP contribution in [0.25, 0.3) is 0 Å². The Kier molecular flexibility index (Phi) is 5.61. The predicted octanol–water partition coefficient (Wildman–Crippen LogP) is 2.41. The summed E-state index contributed by atoms with van der Waals surface area (Å²) in [6, 6.07) is 0. The fourth-order valence-electron chi connectivity index (χ4n) is 2.51. The number of carbonyl (C=O) groups is 2. The Morgan fingerprint density at radius 3 is 2.54 bits per heavy atom. The molecule has 1 N–H and O–H groups in total. The summed E-state index contributed by atoms with van der Waals surface area (Å²) in [5.41, 5.74) is -0.0541. The molecule has 1 saturated heterocycles. The van der Waals surface area contributed by atoms with E-state index in [-0.39, 0.29) is 29.1 Å². The van der Waals surface area contributed by atoms with Crippen molar-refractivity contribution >= 4 is 40.9 Å². The van der Waals surface area contributed by atoms with Crippen LogP contribution in [0.15, 0.2) is 10.6 Å². The fourth-order valence-corrected chi connectivity index (χ4v) is 4.41. The molecule has 0 aromatic carbocycles. The molecule has 0 aromatic heterocycles. The van der Waals surface area contributed by atoms with Crippen molar-refractivity contribution in [3.63, 3.8) is 0 Å². The minimum Gasteiger partial charge on any atom is -0.445 e. The third-order valence-electron chi connectivity index (χ3n) is 3.88. The smallest absolute Gasteiger partial charge is 0.314 e. The van der Waals surface area contributed by atoms with E-state index < -0.39 is 17.4 Å². The SMILES string of the molecule is CCC1=C(C(=S)OCOC(=O)C(C)(C)C)N2C(=O)[C@@H](C(C)O)[C@H]2S1. The van der Waals surface area contributed by atoms with E-state index in [4.69, 9.17) is 21.7 Å². The van der Waals surface area contributed by atoms with E-state index in [9.17, 15) is 14.7 Å². The van der Waals surface area contributed by atoms with Crippen LogP contribution in [0.3, 0.4) is 0 Å². The summed E-state index contributed by atoms with van der Waals surface area (Å²) >= 11 is 6.81. The van der Waals surface area contributed by atoms with Gasteiger partial charge in [-0.1, -0.05) is 6.92 Å².